The highest BCUT2D eigenvalue weighted by Crippen LogP contribution is 2.25. The zero-order valence-corrected chi connectivity index (χ0v) is 18.7. The van der Waals surface area contributed by atoms with Crippen molar-refractivity contribution in [3.63, 3.8) is 0 Å². The highest BCUT2D eigenvalue weighted by molar-refractivity contribution is 7.10. The fraction of sp³-hybridized carbons (Fsp3) is 0.619. The Morgan fingerprint density at radius 1 is 1.31 bits per heavy atom. The summed E-state index contributed by atoms with van der Waals surface area (Å²) in [6.07, 6.45) is 1.80. The number of hydrogen-bond donors (Lipinski definition) is 2. The van der Waals surface area contributed by atoms with Crippen molar-refractivity contribution in [1.82, 2.24) is 20.5 Å². The molecule has 3 rings (SSSR count). The van der Waals surface area contributed by atoms with E-state index in [-0.39, 0.29) is 5.41 Å². The number of morpholine rings is 1. The van der Waals surface area contributed by atoms with Crippen molar-refractivity contribution < 1.29 is 9.15 Å². The summed E-state index contributed by atoms with van der Waals surface area (Å²) in [7, 11) is 0. The standard InChI is InChI=1S/C21H33N5O2S/c1-5-22-20(25-15-19-23-14-18(28-19)21(2,3)4)24-13-16(17-7-6-12-29-17)26-8-10-27-11-9-26/h6-7,12,14,16H,5,8-11,13,15H2,1-4H3,(H2,22,24,25). The van der Waals surface area contributed by atoms with E-state index in [2.05, 4.69) is 70.7 Å². The van der Waals surface area contributed by atoms with Crippen LogP contribution in [0.4, 0.5) is 0 Å². The maximum atomic E-state index is 5.86. The first kappa shape index (κ1) is 21.8. The lowest BCUT2D eigenvalue weighted by atomic mass is 9.94. The molecule has 0 bridgehead atoms. The van der Waals surface area contributed by atoms with Crippen molar-refractivity contribution in [3.8, 4) is 0 Å². The number of nitrogens with one attached hydrogen (secondary N) is 2. The summed E-state index contributed by atoms with van der Waals surface area (Å²) >= 11 is 1.80. The molecule has 0 amide bonds. The van der Waals surface area contributed by atoms with Crippen LogP contribution in [0.15, 0.2) is 33.1 Å². The van der Waals surface area contributed by atoms with E-state index in [1.165, 1.54) is 4.88 Å². The number of aliphatic imine (C=N–C) groups is 1. The Morgan fingerprint density at radius 3 is 2.72 bits per heavy atom. The number of oxazole rings is 1. The summed E-state index contributed by atoms with van der Waals surface area (Å²) in [6.45, 7) is 13.9. The first-order chi connectivity index (χ1) is 14.0. The Bertz CT molecular complexity index is 760. The number of thiophene rings is 1. The zero-order valence-electron chi connectivity index (χ0n) is 17.9. The first-order valence-electron chi connectivity index (χ1n) is 10.3. The summed E-state index contributed by atoms with van der Waals surface area (Å²) in [5.41, 5.74) is -0.0518. The van der Waals surface area contributed by atoms with Crippen LogP contribution < -0.4 is 10.6 Å². The summed E-state index contributed by atoms with van der Waals surface area (Å²) in [4.78, 5) is 12.9. The molecule has 1 aliphatic heterocycles. The number of nitrogens with zero attached hydrogens (tertiary/aromatic N) is 3. The van der Waals surface area contributed by atoms with Crippen LogP contribution in [0.2, 0.25) is 0 Å². The van der Waals surface area contributed by atoms with Gasteiger partial charge in [0.2, 0.25) is 5.89 Å². The van der Waals surface area contributed by atoms with E-state index < -0.39 is 0 Å². The van der Waals surface area contributed by atoms with E-state index in [4.69, 9.17) is 9.15 Å². The van der Waals surface area contributed by atoms with Crippen LogP contribution in [0.1, 0.15) is 50.3 Å². The van der Waals surface area contributed by atoms with Crippen LogP contribution in [0, 0.1) is 0 Å². The Morgan fingerprint density at radius 2 is 2.10 bits per heavy atom. The topological polar surface area (TPSA) is 74.9 Å². The lowest BCUT2D eigenvalue weighted by Gasteiger charge is -2.34. The number of hydrogen-bond acceptors (Lipinski definition) is 6. The van der Waals surface area contributed by atoms with E-state index in [1.807, 2.05) is 0 Å². The van der Waals surface area contributed by atoms with Crippen LogP contribution in [0.3, 0.4) is 0 Å². The third-order valence-electron chi connectivity index (χ3n) is 4.83. The molecule has 8 heteroatoms. The molecule has 1 unspecified atom stereocenters. The summed E-state index contributed by atoms with van der Waals surface area (Å²) in [6, 6.07) is 4.62. The van der Waals surface area contributed by atoms with Crippen molar-refractivity contribution in [1.29, 1.82) is 0 Å². The van der Waals surface area contributed by atoms with Crippen LogP contribution in [0.25, 0.3) is 0 Å². The second kappa shape index (κ2) is 10.2. The van der Waals surface area contributed by atoms with Gasteiger partial charge < -0.3 is 19.8 Å². The van der Waals surface area contributed by atoms with Gasteiger partial charge in [0.05, 0.1) is 25.5 Å². The van der Waals surface area contributed by atoms with Crippen LogP contribution in [0.5, 0.6) is 0 Å². The number of aromatic nitrogens is 1. The Kier molecular flexibility index (Phi) is 7.69. The van der Waals surface area contributed by atoms with Gasteiger partial charge in [-0.3, -0.25) is 4.90 Å². The molecule has 0 aromatic carbocycles. The molecule has 0 radical (unpaired) electrons. The Balaban J connectivity index is 1.65. The molecule has 0 spiro atoms. The molecule has 160 valence electrons. The lowest BCUT2D eigenvalue weighted by molar-refractivity contribution is 0.0177. The zero-order chi connectivity index (χ0) is 20.7. The largest absolute Gasteiger partial charge is 0.443 e. The fourth-order valence-corrected chi connectivity index (χ4v) is 4.05. The van der Waals surface area contributed by atoms with Gasteiger partial charge in [0.1, 0.15) is 12.3 Å². The first-order valence-corrected chi connectivity index (χ1v) is 11.2. The highest BCUT2D eigenvalue weighted by Gasteiger charge is 2.24. The number of rotatable bonds is 7. The minimum absolute atomic E-state index is 0.0518. The summed E-state index contributed by atoms with van der Waals surface area (Å²) in [5.74, 6) is 2.29. The third kappa shape index (κ3) is 6.29. The maximum Gasteiger partial charge on any atom is 0.216 e. The molecule has 1 aliphatic rings. The van der Waals surface area contributed by atoms with Crippen molar-refractivity contribution >= 4 is 17.3 Å². The van der Waals surface area contributed by atoms with Gasteiger partial charge in [-0.1, -0.05) is 26.8 Å². The molecular formula is C21H33N5O2S. The van der Waals surface area contributed by atoms with Crippen molar-refractivity contribution in [2.75, 3.05) is 39.4 Å². The van der Waals surface area contributed by atoms with Gasteiger partial charge in [-0.2, -0.15) is 0 Å². The molecule has 2 aromatic rings. The van der Waals surface area contributed by atoms with Crippen LogP contribution in [-0.2, 0) is 16.7 Å². The predicted octanol–water partition coefficient (Wildman–Crippen LogP) is 3.16. The van der Waals surface area contributed by atoms with Gasteiger partial charge in [-0.15, -0.1) is 11.3 Å². The fourth-order valence-electron chi connectivity index (χ4n) is 3.19. The normalized spacial score (nSPS) is 17.3. The molecular weight excluding hydrogens is 386 g/mol. The summed E-state index contributed by atoms with van der Waals surface area (Å²) < 4.78 is 11.4. The Hall–Kier alpha value is -1.90. The van der Waals surface area contributed by atoms with Gasteiger partial charge in [-0.25, -0.2) is 9.98 Å². The summed E-state index contributed by atoms with van der Waals surface area (Å²) in [5, 5.41) is 8.97. The van der Waals surface area contributed by atoms with E-state index in [0.717, 1.165) is 51.1 Å². The smallest absolute Gasteiger partial charge is 0.216 e. The third-order valence-corrected chi connectivity index (χ3v) is 5.80. The van der Waals surface area contributed by atoms with Gasteiger partial charge in [0.15, 0.2) is 5.96 Å². The van der Waals surface area contributed by atoms with Gasteiger partial charge in [-0.05, 0) is 18.4 Å². The molecule has 2 aromatic heterocycles. The molecule has 1 fully saturated rings. The van der Waals surface area contributed by atoms with Crippen molar-refractivity contribution in [2.45, 2.75) is 45.7 Å². The monoisotopic (exact) mass is 419 g/mol. The molecule has 2 N–H and O–H groups in total. The Labute approximate surface area is 177 Å². The van der Waals surface area contributed by atoms with Crippen LogP contribution >= 0.6 is 11.3 Å². The van der Waals surface area contributed by atoms with E-state index >= 15 is 0 Å². The second-order valence-corrected chi connectivity index (χ2v) is 9.10. The number of guanidine groups is 1. The minimum atomic E-state index is -0.0518. The van der Waals surface area contributed by atoms with E-state index in [9.17, 15) is 0 Å². The van der Waals surface area contributed by atoms with Gasteiger partial charge in [0, 0.05) is 36.5 Å². The lowest BCUT2D eigenvalue weighted by Crippen LogP contribution is -2.46. The molecule has 0 saturated carbocycles. The van der Waals surface area contributed by atoms with E-state index in [0.29, 0.717) is 18.5 Å². The molecule has 7 nitrogen and oxygen atoms in total. The highest BCUT2D eigenvalue weighted by atomic mass is 32.1. The van der Waals surface area contributed by atoms with Gasteiger partial charge in [0.25, 0.3) is 0 Å². The second-order valence-electron chi connectivity index (χ2n) is 8.12. The minimum Gasteiger partial charge on any atom is -0.443 e. The molecule has 0 aliphatic carbocycles. The molecule has 3 heterocycles. The molecule has 1 saturated heterocycles. The van der Waals surface area contributed by atoms with Crippen molar-refractivity contribution in [2.24, 2.45) is 4.99 Å². The van der Waals surface area contributed by atoms with Crippen molar-refractivity contribution in [3.05, 3.63) is 40.2 Å². The SMILES string of the molecule is CCNC(=NCc1ncc(C(C)(C)C)o1)NCC(c1cccs1)N1CCOCC1. The average Bonchev–Trinajstić information content (AvgIpc) is 3.39. The van der Waals surface area contributed by atoms with E-state index in [1.54, 1.807) is 17.5 Å². The number of ether oxygens (including phenoxy) is 1. The quantitative estimate of drug-likeness (QED) is 0.530. The molecule has 1 atom stereocenters. The maximum absolute atomic E-state index is 5.86. The van der Waals surface area contributed by atoms with Gasteiger partial charge >= 0.3 is 0 Å². The predicted molar refractivity (Wildman–Crippen MR) is 117 cm³/mol. The van der Waals surface area contributed by atoms with Crippen LogP contribution in [-0.4, -0.2) is 55.2 Å². The average molecular weight is 420 g/mol. The molecule has 29 heavy (non-hydrogen) atoms.